The molecule has 2 atom stereocenters. The van der Waals surface area contributed by atoms with Crippen LogP contribution < -0.4 is 15.6 Å². The van der Waals surface area contributed by atoms with Gasteiger partial charge in [0.25, 0.3) is 11.5 Å². The Labute approximate surface area is 188 Å². The number of pyridine rings is 1. The molecule has 4 aliphatic rings. The second-order valence-corrected chi connectivity index (χ2v) is 9.49. The second-order valence-electron chi connectivity index (χ2n) is 9.49. The summed E-state index contributed by atoms with van der Waals surface area (Å²) in [5, 5.41) is 2.65. The predicted octanol–water partition coefficient (Wildman–Crippen LogP) is 2.64. The smallest absolute Gasteiger partial charge is 0.274 e. The number of hydrogen-bond donors (Lipinski definition) is 1. The maximum Gasteiger partial charge on any atom is 0.274 e. The monoisotopic (exact) mass is 453 g/mol. The summed E-state index contributed by atoms with van der Waals surface area (Å²) in [5.74, 6) is 0.0385. The van der Waals surface area contributed by atoms with Gasteiger partial charge in [-0.3, -0.25) is 14.0 Å². The van der Waals surface area contributed by atoms with Gasteiger partial charge in [-0.25, -0.2) is 9.37 Å². The van der Waals surface area contributed by atoms with Gasteiger partial charge in [-0.1, -0.05) is 0 Å². The number of anilines is 1. The zero-order chi connectivity index (χ0) is 22.9. The molecule has 4 fully saturated rings. The normalized spacial score (nSPS) is 27.6. The Hall–Kier alpha value is -3.27. The van der Waals surface area contributed by atoms with Crippen LogP contribution in [0.5, 0.6) is 5.88 Å². The van der Waals surface area contributed by atoms with Crippen molar-refractivity contribution < 1.29 is 18.7 Å². The number of nitrogens with zero attached hydrogens (tertiary/aromatic N) is 4. The molecule has 0 radical (unpaired) electrons. The van der Waals surface area contributed by atoms with Crippen LogP contribution in [0.4, 0.5) is 10.1 Å². The van der Waals surface area contributed by atoms with E-state index < -0.39 is 23.7 Å². The topological polar surface area (TPSA) is 99.8 Å². The molecular weight excluding hydrogens is 429 g/mol. The summed E-state index contributed by atoms with van der Waals surface area (Å²) in [4.78, 5) is 35.1. The van der Waals surface area contributed by atoms with E-state index in [1.54, 1.807) is 16.7 Å². The lowest BCUT2D eigenvalue weighted by Gasteiger charge is -2.33. The zero-order valence-corrected chi connectivity index (χ0v) is 18.3. The molecule has 2 saturated heterocycles. The summed E-state index contributed by atoms with van der Waals surface area (Å²) >= 11 is 0. The Kier molecular flexibility index (Phi) is 4.39. The van der Waals surface area contributed by atoms with E-state index in [4.69, 9.17) is 9.47 Å². The highest BCUT2D eigenvalue weighted by molar-refractivity contribution is 6.05. The van der Waals surface area contributed by atoms with E-state index >= 15 is 0 Å². The van der Waals surface area contributed by atoms with Crippen LogP contribution in [-0.4, -0.2) is 49.8 Å². The largest absolute Gasteiger partial charge is 0.474 e. The summed E-state index contributed by atoms with van der Waals surface area (Å²) in [5.41, 5.74) is 0.628. The van der Waals surface area contributed by atoms with Gasteiger partial charge in [0.1, 0.15) is 17.4 Å². The third kappa shape index (κ3) is 3.31. The summed E-state index contributed by atoms with van der Waals surface area (Å²) in [7, 11) is 0. The van der Waals surface area contributed by atoms with Gasteiger partial charge >= 0.3 is 0 Å². The standard InChI is InChI=1S/C23H24FN5O4/c1-12(2)33-20-14(19(30)25-16-4-3-5-29(21(16)31)17-6-15(17)24)9-28-10-18(26-22(28)27-20)23-7-13(8-23)32-11-23/h3-5,9-10,12-13,15,17H,6-8,11H2,1-2H3,(H,25,30). The molecule has 0 aromatic carbocycles. The molecular formula is C23H24FN5O4. The molecule has 2 aliphatic heterocycles. The van der Waals surface area contributed by atoms with E-state index in [0.717, 1.165) is 18.5 Å². The first-order valence-corrected chi connectivity index (χ1v) is 11.2. The highest BCUT2D eigenvalue weighted by atomic mass is 19.1. The number of imidazole rings is 1. The highest BCUT2D eigenvalue weighted by Gasteiger charge is 2.54. The number of amides is 1. The molecule has 33 heavy (non-hydrogen) atoms. The van der Waals surface area contributed by atoms with Gasteiger partial charge in [0.05, 0.1) is 30.6 Å². The predicted molar refractivity (Wildman–Crippen MR) is 117 cm³/mol. The van der Waals surface area contributed by atoms with Crippen LogP contribution in [0, 0.1) is 0 Å². The van der Waals surface area contributed by atoms with Crippen LogP contribution in [0.2, 0.25) is 0 Å². The fourth-order valence-electron chi connectivity index (χ4n) is 4.74. The SMILES string of the molecule is CC(C)Oc1nc2nc(C34COC(C3)C4)cn2cc1C(=O)Nc1cccn(C2CC2F)c1=O. The molecule has 1 amide bonds. The minimum absolute atomic E-state index is 0.0750. The number of carbonyl (C=O) groups is 1. The van der Waals surface area contributed by atoms with E-state index in [1.807, 2.05) is 20.0 Å². The van der Waals surface area contributed by atoms with E-state index in [-0.39, 0.29) is 28.6 Å². The van der Waals surface area contributed by atoms with Gasteiger partial charge in [0.15, 0.2) is 0 Å². The quantitative estimate of drug-likeness (QED) is 0.616. The summed E-state index contributed by atoms with van der Waals surface area (Å²) < 4.78 is 28.0. The molecule has 172 valence electrons. The van der Waals surface area contributed by atoms with Crippen LogP contribution in [-0.2, 0) is 10.2 Å². The van der Waals surface area contributed by atoms with Crippen molar-refractivity contribution in [2.24, 2.45) is 0 Å². The lowest BCUT2D eigenvalue weighted by Crippen LogP contribution is -2.37. The number of alkyl halides is 1. The van der Waals surface area contributed by atoms with Gasteiger partial charge in [-0.05, 0) is 38.8 Å². The number of aromatic nitrogens is 4. The highest BCUT2D eigenvalue weighted by Crippen LogP contribution is 2.51. The van der Waals surface area contributed by atoms with Crippen LogP contribution in [0.25, 0.3) is 5.78 Å². The third-order valence-electron chi connectivity index (χ3n) is 6.64. The average Bonchev–Trinajstić information content (AvgIpc) is 3.13. The molecule has 1 N–H and O–H groups in total. The number of hydrogen-bond acceptors (Lipinski definition) is 6. The maximum atomic E-state index is 13.5. The average molecular weight is 453 g/mol. The van der Waals surface area contributed by atoms with E-state index in [1.165, 1.54) is 16.8 Å². The minimum Gasteiger partial charge on any atom is -0.474 e. The van der Waals surface area contributed by atoms with Crippen LogP contribution in [0.1, 0.15) is 55.2 Å². The first-order chi connectivity index (χ1) is 15.8. The van der Waals surface area contributed by atoms with Gasteiger partial charge in [-0.15, -0.1) is 0 Å². The fraction of sp³-hybridized carbons (Fsp3) is 0.478. The van der Waals surface area contributed by atoms with Crippen molar-refractivity contribution in [3.8, 4) is 5.88 Å². The number of halogens is 1. The Balaban J connectivity index is 1.35. The Morgan fingerprint density at radius 2 is 2.12 bits per heavy atom. The molecule has 2 saturated carbocycles. The Morgan fingerprint density at radius 3 is 2.79 bits per heavy atom. The molecule has 5 heterocycles. The second kappa shape index (κ2) is 7.11. The lowest BCUT2D eigenvalue weighted by atomic mass is 9.68. The number of fused-ring (bicyclic) bond motifs is 2. The molecule has 2 bridgehead atoms. The van der Waals surface area contributed by atoms with Crippen molar-refractivity contribution in [1.82, 2.24) is 18.9 Å². The van der Waals surface area contributed by atoms with Gasteiger partial charge in [-0.2, -0.15) is 4.98 Å². The van der Waals surface area contributed by atoms with Crippen molar-refractivity contribution in [1.29, 1.82) is 0 Å². The minimum atomic E-state index is -1.03. The van der Waals surface area contributed by atoms with Crippen LogP contribution in [0.15, 0.2) is 35.5 Å². The van der Waals surface area contributed by atoms with Crippen LogP contribution >= 0.6 is 0 Å². The zero-order valence-electron chi connectivity index (χ0n) is 18.3. The number of carbonyl (C=O) groups excluding carboxylic acids is 1. The maximum absolute atomic E-state index is 13.5. The first kappa shape index (κ1) is 20.3. The van der Waals surface area contributed by atoms with Gasteiger partial charge in [0, 0.05) is 30.4 Å². The Bertz CT molecular complexity index is 1320. The van der Waals surface area contributed by atoms with Gasteiger partial charge in [0.2, 0.25) is 11.7 Å². The van der Waals surface area contributed by atoms with Crippen LogP contribution in [0.3, 0.4) is 0 Å². The molecule has 3 aromatic heterocycles. The van der Waals surface area contributed by atoms with Crippen molar-refractivity contribution in [3.63, 3.8) is 0 Å². The number of ether oxygens (including phenoxy) is 2. The van der Waals surface area contributed by atoms with Crippen molar-refractivity contribution >= 4 is 17.4 Å². The fourth-order valence-corrected chi connectivity index (χ4v) is 4.74. The number of nitrogens with one attached hydrogen (secondary N) is 1. The third-order valence-corrected chi connectivity index (χ3v) is 6.64. The molecule has 7 rings (SSSR count). The number of rotatable bonds is 6. The molecule has 2 unspecified atom stereocenters. The summed E-state index contributed by atoms with van der Waals surface area (Å²) in [6.07, 6.45) is 6.29. The molecule has 2 aliphatic carbocycles. The Morgan fingerprint density at radius 1 is 1.33 bits per heavy atom. The van der Waals surface area contributed by atoms with Crippen molar-refractivity contribution in [2.45, 2.75) is 62.9 Å². The summed E-state index contributed by atoms with van der Waals surface area (Å²) in [6.45, 7) is 4.32. The molecule has 10 heteroatoms. The van der Waals surface area contributed by atoms with E-state index in [0.29, 0.717) is 24.9 Å². The van der Waals surface area contributed by atoms with E-state index in [2.05, 4.69) is 15.3 Å². The van der Waals surface area contributed by atoms with Crippen molar-refractivity contribution in [2.75, 3.05) is 11.9 Å². The van der Waals surface area contributed by atoms with Gasteiger partial charge < -0.3 is 19.4 Å². The molecule has 9 nitrogen and oxygen atoms in total. The summed E-state index contributed by atoms with van der Waals surface area (Å²) in [6, 6.07) is 2.65. The lowest BCUT2D eigenvalue weighted by molar-refractivity contribution is 0.101. The molecule has 0 spiro atoms. The first-order valence-electron chi connectivity index (χ1n) is 11.2. The van der Waals surface area contributed by atoms with E-state index in [9.17, 15) is 14.0 Å². The van der Waals surface area contributed by atoms with Crippen molar-refractivity contribution in [3.05, 3.63) is 52.3 Å². The molecule has 3 aromatic rings.